The van der Waals surface area contributed by atoms with Crippen molar-refractivity contribution in [3.63, 3.8) is 0 Å². The Morgan fingerprint density at radius 3 is 2.31 bits per heavy atom. The molecule has 1 atom stereocenters. The molecule has 0 aromatic rings. The first kappa shape index (κ1) is 12.6. The van der Waals surface area contributed by atoms with E-state index in [4.69, 9.17) is 5.73 Å². The third-order valence-electron chi connectivity index (χ3n) is 2.22. The van der Waals surface area contributed by atoms with Crippen LogP contribution in [0, 0.1) is 5.92 Å². The standard InChI is InChI=1S/C10H16N2O4/c1-6(2)5-7(11)10(15)16-12-8(13)3-4-9(12)14/h6-7H,3-5,11H2,1-2H3. The van der Waals surface area contributed by atoms with Gasteiger partial charge in [0.1, 0.15) is 6.04 Å². The lowest BCUT2D eigenvalue weighted by molar-refractivity contribution is -0.198. The van der Waals surface area contributed by atoms with Crippen LogP contribution in [0.25, 0.3) is 0 Å². The summed E-state index contributed by atoms with van der Waals surface area (Å²) in [6.45, 7) is 3.83. The Kier molecular flexibility index (Phi) is 4.00. The summed E-state index contributed by atoms with van der Waals surface area (Å²) in [6, 6.07) is -0.804. The Hall–Kier alpha value is -1.43. The molecule has 6 nitrogen and oxygen atoms in total. The number of nitrogens with two attached hydrogens (primary N) is 1. The summed E-state index contributed by atoms with van der Waals surface area (Å²) in [4.78, 5) is 38.4. The summed E-state index contributed by atoms with van der Waals surface area (Å²) in [5, 5.41) is 0.516. The van der Waals surface area contributed by atoms with E-state index in [1.807, 2.05) is 13.8 Å². The Bertz CT molecular complexity index is 298. The summed E-state index contributed by atoms with van der Waals surface area (Å²) in [5.74, 6) is -1.48. The minimum Gasteiger partial charge on any atom is -0.329 e. The molecule has 1 rings (SSSR count). The predicted octanol–water partition coefficient (Wildman–Crippen LogP) is -0.0330. The molecule has 0 aromatic carbocycles. The van der Waals surface area contributed by atoms with Crippen molar-refractivity contribution in [2.45, 2.75) is 39.2 Å². The quantitative estimate of drug-likeness (QED) is 0.682. The van der Waals surface area contributed by atoms with Gasteiger partial charge in [-0.25, -0.2) is 4.79 Å². The van der Waals surface area contributed by atoms with Crippen molar-refractivity contribution >= 4 is 17.8 Å². The van der Waals surface area contributed by atoms with Crippen LogP contribution in [0.4, 0.5) is 0 Å². The molecule has 1 aliphatic rings. The van der Waals surface area contributed by atoms with E-state index in [1.165, 1.54) is 0 Å². The van der Waals surface area contributed by atoms with E-state index in [-0.39, 0.29) is 18.8 Å². The number of hydrogen-bond acceptors (Lipinski definition) is 5. The summed E-state index contributed by atoms with van der Waals surface area (Å²) in [7, 11) is 0. The lowest BCUT2D eigenvalue weighted by Gasteiger charge is -2.17. The van der Waals surface area contributed by atoms with E-state index in [1.54, 1.807) is 0 Å². The van der Waals surface area contributed by atoms with Crippen molar-refractivity contribution in [2.75, 3.05) is 0 Å². The maximum absolute atomic E-state index is 11.4. The molecule has 2 amide bonds. The van der Waals surface area contributed by atoms with Gasteiger partial charge in [-0.1, -0.05) is 13.8 Å². The molecular formula is C10H16N2O4. The Morgan fingerprint density at radius 2 is 1.88 bits per heavy atom. The molecule has 0 saturated carbocycles. The Morgan fingerprint density at radius 1 is 1.38 bits per heavy atom. The van der Waals surface area contributed by atoms with E-state index < -0.39 is 23.8 Å². The number of hydroxylamine groups is 2. The van der Waals surface area contributed by atoms with Crippen molar-refractivity contribution in [3.8, 4) is 0 Å². The fraction of sp³-hybridized carbons (Fsp3) is 0.700. The number of imide groups is 1. The maximum Gasteiger partial charge on any atom is 0.349 e. The summed E-state index contributed by atoms with van der Waals surface area (Å²) in [5.41, 5.74) is 5.56. The highest BCUT2D eigenvalue weighted by molar-refractivity contribution is 6.01. The smallest absolute Gasteiger partial charge is 0.329 e. The van der Waals surface area contributed by atoms with Gasteiger partial charge in [-0.15, -0.1) is 5.06 Å². The highest BCUT2D eigenvalue weighted by atomic mass is 16.7. The van der Waals surface area contributed by atoms with E-state index in [0.717, 1.165) is 0 Å². The van der Waals surface area contributed by atoms with Gasteiger partial charge in [0.05, 0.1) is 0 Å². The molecule has 1 fully saturated rings. The van der Waals surface area contributed by atoms with Gasteiger partial charge in [-0.2, -0.15) is 0 Å². The second-order valence-corrected chi connectivity index (χ2v) is 4.23. The van der Waals surface area contributed by atoms with E-state index in [2.05, 4.69) is 4.84 Å². The monoisotopic (exact) mass is 228 g/mol. The topological polar surface area (TPSA) is 89.7 Å². The number of nitrogens with zero attached hydrogens (tertiary/aromatic N) is 1. The van der Waals surface area contributed by atoms with Crippen LogP contribution in [-0.4, -0.2) is 28.9 Å². The molecule has 2 N–H and O–H groups in total. The highest BCUT2D eigenvalue weighted by Gasteiger charge is 2.34. The van der Waals surface area contributed by atoms with Crippen LogP contribution >= 0.6 is 0 Å². The molecule has 1 unspecified atom stereocenters. The van der Waals surface area contributed by atoms with Gasteiger partial charge in [0, 0.05) is 12.8 Å². The maximum atomic E-state index is 11.4. The van der Waals surface area contributed by atoms with Crippen molar-refractivity contribution in [1.82, 2.24) is 5.06 Å². The zero-order valence-corrected chi connectivity index (χ0v) is 9.43. The first-order valence-corrected chi connectivity index (χ1v) is 5.25. The van der Waals surface area contributed by atoms with E-state index in [9.17, 15) is 14.4 Å². The fourth-order valence-corrected chi connectivity index (χ4v) is 1.42. The molecule has 6 heteroatoms. The molecule has 1 aliphatic heterocycles. The predicted molar refractivity (Wildman–Crippen MR) is 54.6 cm³/mol. The summed E-state index contributed by atoms with van der Waals surface area (Å²) >= 11 is 0. The minimum absolute atomic E-state index is 0.0888. The van der Waals surface area contributed by atoms with E-state index >= 15 is 0 Å². The number of hydrogen-bond donors (Lipinski definition) is 1. The zero-order valence-electron chi connectivity index (χ0n) is 9.43. The zero-order chi connectivity index (χ0) is 12.3. The van der Waals surface area contributed by atoms with Crippen molar-refractivity contribution in [1.29, 1.82) is 0 Å². The number of rotatable bonds is 4. The first-order chi connectivity index (χ1) is 7.41. The molecule has 0 aliphatic carbocycles. The number of carbonyl (C=O) groups is 3. The average molecular weight is 228 g/mol. The average Bonchev–Trinajstić information content (AvgIpc) is 2.48. The molecule has 90 valence electrons. The Balaban J connectivity index is 2.50. The largest absolute Gasteiger partial charge is 0.349 e. The van der Waals surface area contributed by atoms with Crippen LogP contribution in [0.3, 0.4) is 0 Å². The molecule has 0 radical (unpaired) electrons. The fourth-order valence-electron chi connectivity index (χ4n) is 1.42. The first-order valence-electron chi connectivity index (χ1n) is 5.25. The normalized spacial score (nSPS) is 18.1. The SMILES string of the molecule is CC(C)CC(N)C(=O)ON1C(=O)CCC1=O. The van der Waals surface area contributed by atoms with Crippen LogP contribution in [0.1, 0.15) is 33.1 Å². The summed E-state index contributed by atoms with van der Waals surface area (Å²) < 4.78 is 0. The number of amides is 2. The molecule has 0 aromatic heterocycles. The molecule has 16 heavy (non-hydrogen) atoms. The molecule has 0 spiro atoms. The lowest BCUT2D eigenvalue weighted by Crippen LogP contribution is -2.40. The second-order valence-electron chi connectivity index (χ2n) is 4.23. The molecule has 1 saturated heterocycles. The van der Waals surface area contributed by atoms with Gasteiger partial charge in [-0.05, 0) is 12.3 Å². The highest BCUT2D eigenvalue weighted by Crippen LogP contribution is 2.13. The van der Waals surface area contributed by atoms with Gasteiger partial charge < -0.3 is 10.6 Å². The lowest BCUT2D eigenvalue weighted by atomic mass is 10.1. The molecular weight excluding hydrogens is 212 g/mol. The van der Waals surface area contributed by atoms with Crippen LogP contribution in [0.15, 0.2) is 0 Å². The van der Waals surface area contributed by atoms with Crippen LogP contribution in [0.2, 0.25) is 0 Å². The third kappa shape index (κ3) is 3.03. The van der Waals surface area contributed by atoms with Crippen molar-refractivity contribution in [2.24, 2.45) is 11.7 Å². The molecule has 1 heterocycles. The van der Waals surface area contributed by atoms with Gasteiger partial charge >= 0.3 is 5.97 Å². The van der Waals surface area contributed by atoms with Gasteiger partial charge in [0.15, 0.2) is 0 Å². The summed E-state index contributed by atoms with van der Waals surface area (Å²) in [6.07, 6.45) is 0.631. The van der Waals surface area contributed by atoms with Gasteiger partial charge in [0.2, 0.25) is 0 Å². The van der Waals surface area contributed by atoms with E-state index in [0.29, 0.717) is 11.5 Å². The van der Waals surface area contributed by atoms with Crippen LogP contribution < -0.4 is 5.73 Å². The third-order valence-corrected chi connectivity index (χ3v) is 2.22. The second kappa shape index (κ2) is 5.07. The van der Waals surface area contributed by atoms with Crippen molar-refractivity contribution < 1.29 is 19.2 Å². The van der Waals surface area contributed by atoms with Gasteiger partial charge in [0.25, 0.3) is 11.8 Å². The van der Waals surface area contributed by atoms with Crippen LogP contribution in [0.5, 0.6) is 0 Å². The van der Waals surface area contributed by atoms with Crippen molar-refractivity contribution in [3.05, 3.63) is 0 Å². The van der Waals surface area contributed by atoms with Gasteiger partial charge in [-0.3, -0.25) is 9.59 Å². The van der Waals surface area contributed by atoms with Crippen LogP contribution in [-0.2, 0) is 19.2 Å². The molecule has 0 bridgehead atoms. The number of carbonyl (C=O) groups excluding carboxylic acids is 3. The minimum atomic E-state index is -0.804. The Labute approximate surface area is 93.7 Å².